The van der Waals surface area contributed by atoms with Crippen molar-refractivity contribution in [1.29, 1.82) is 0 Å². The van der Waals surface area contributed by atoms with Gasteiger partial charge in [-0.15, -0.1) is 11.3 Å². The Bertz CT molecular complexity index is 745. The summed E-state index contributed by atoms with van der Waals surface area (Å²) in [5.41, 5.74) is -0.0605. The van der Waals surface area contributed by atoms with E-state index >= 15 is 0 Å². The smallest absolute Gasteiger partial charge is 0.273 e. The summed E-state index contributed by atoms with van der Waals surface area (Å²) in [7, 11) is 0. The monoisotopic (exact) mass is 375 g/mol. The third kappa shape index (κ3) is 4.80. The molecule has 2 aromatic rings. The maximum atomic E-state index is 12.1. The highest BCUT2D eigenvalue weighted by Gasteiger charge is 2.24. The fourth-order valence-corrected chi connectivity index (χ4v) is 3.90. The number of hydrogen-bond acceptors (Lipinski definition) is 6. The lowest BCUT2D eigenvalue weighted by atomic mass is 10.2. The van der Waals surface area contributed by atoms with Crippen LogP contribution in [0.25, 0.3) is 0 Å². The Morgan fingerprint density at radius 3 is 2.81 bits per heavy atom. The van der Waals surface area contributed by atoms with E-state index in [1.165, 1.54) is 35.9 Å². The first-order valence-corrected chi connectivity index (χ1v) is 9.43. The van der Waals surface area contributed by atoms with Gasteiger partial charge in [0.15, 0.2) is 6.61 Å². The lowest BCUT2D eigenvalue weighted by Crippen LogP contribution is -2.38. The van der Waals surface area contributed by atoms with Crippen molar-refractivity contribution in [2.24, 2.45) is 0 Å². The van der Waals surface area contributed by atoms with Gasteiger partial charge in [-0.25, -0.2) is 0 Å². The molecular formula is C18H21N3O4S. The molecule has 8 heteroatoms. The number of carbonyl (C=O) groups excluding carboxylic acids is 1. The summed E-state index contributed by atoms with van der Waals surface area (Å²) < 4.78 is 5.38. The van der Waals surface area contributed by atoms with Crippen LogP contribution in [-0.2, 0) is 4.79 Å². The molecule has 1 saturated heterocycles. The average Bonchev–Trinajstić information content (AvgIpc) is 3.35. The van der Waals surface area contributed by atoms with Crippen LogP contribution in [0.5, 0.6) is 5.75 Å². The molecule has 1 atom stereocenters. The molecule has 1 aliphatic heterocycles. The number of nitrogens with zero attached hydrogens (tertiary/aromatic N) is 2. The molecule has 0 spiro atoms. The number of likely N-dealkylation sites (tertiary alicyclic amines) is 1. The summed E-state index contributed by atoms with van der Waals surface area (Å²) in [6.45, 7) is 2.45. The minimum absolute atomic E-state index is 0.0605. The van der Waals surface area contributed by atoms with E-state index in [4.69, 9.17) is 4.74 Å². The number of amides is 1. The molecule has 2 heterocycles. The quantitative estimate of drug-likeness (QED) is 0.566. The molecule has 1 aliphatic rings. The van der Waals surface area contributed by atoms with Crippen LogP contribution in [0.2, 0.25) is 0 Å². The van der Waals surface area contributed by atoms with Crippen LogP contribution in [-0.4, -0.2) is 42.0 Å². The van der Waals surface area contributed by atoms with Gasteiger partial charge in [-0.3, -0.25) is 19.8 Å². The molecule has 0 bridgehead atoms. The van der Waals surface area contributed by atoms with Crippen molar-refractivity contribution >= 4 is 22.9 Å². The van der Waals surface area contributed by atoms with Gasteiger partial charge in [0, 0.05) is 17.5 Å². The fourth-order valence-electron chi connectivity index (χ4n) is 3.04. The number of nitro groups is 1. The molecule has 7 nitrogen and oxygen atoms in total. The van der Waals surface area contributed by atoms with E-state index < -0.39 is 4.92 Å². The van der Waals surface area contributed by atoms with Gasteiger partial charge >= 0.3 is 0 Å². The van der Waals surface area contributed by atoms with E-state index in [1.807, 2.05) is 11.4 Å². The average molecular weight is 375 g/mol. The number of thiophene rings is 1. The van der Waals surface area contributed by atoms with Gasteiger partial charge in [0.05, 0.1) is 17.0 Å². The molecule has 26 heavy (non-hydrogen) atoms. The van der Waals surface area contributed by atoms with Crippen LogP contribution in [0.1, 0.15) is 23.8 Å². The zero-order chi connectivity index (χ0) is 18.4. The van der Waals surface area contributed by atoms with Gasteiger partial charge in [0.2, 0.25) is 0 Å². The van der Waals surface area contributed by atoms with Gasteiger partial charge < -0.3 is 10.1 Å². The third-order valence-corrected chi connectivity index (χ3v) is 5.32. The van der Waals surface area contributed by atoms with E-state index in [9.17, 15) is 14.9 Å². The largest absolute Gasteiger partial charge is 0.484 e. The highest BCUT2D eigenvalue weighted by Crippen LogP contribution is 2.27. The normalized spacial score (nSPS) is 15.5. The number of benzene rings is 1. The molecule has 0 saturated carbocycles. The summed E-state index contributed by atoms with van der Waals surface area (Å²) in [4.78, 5) is 26.1. The molecule has 0 radical (unpaired) electrons. The highest BCUT2D eigenvalue weighted by molar-refractivity contribution is 7.10. The van der Waals surface area contributed by atoms with Crippen molar-refractivity contribution in [2.75, 3.05) is 26.2 Å². The summed E-state index contributed by atoms with van der Waals surface area (Å²) in [5.74, 6) is 0.0703. The Morgan fingerprint density at radius 1 is 1.31 bits per heavy atom. The minimum atomic E-state index is -0.491. The maximum absolute atomic E-state index is 12.1. The van der Waals surface area contributed by atoms with Crippen LogP contribution < -0.4 is 10.1 Å². The van der Waals surface area contributed by atoms with Crippen molar-refractivity contribution in [3.8, 4) is 5.75 Å². The highest BCUT2D eigenvalue weighted by atomic mass is 32.1. The molecule has 3 rings (SSSR count). The van der Waals surface area contributed by atoms with E-state index in [2.05, 4.69) is 16.3 Å². The Labute approximate surface area is 155 Å². The maximum Gasteiger partial charge on any atom is 0.273 e. The summed E-state index contributed by atoms with van der Waals surface area (Å²) in [6, 6.07) is 10.1. The first-order chi connectivity index (χ1) is 12.6. The Kier molecular flexibility index (Phi) is 6.19. The zero-order valence-corrected chi connectivity index (χ0v) is 15.1. The van der Waals surface area contributed by atoms with Crippen LogP contribution in [0.4, 0.5) is 5.69 Å². The summed E-state index contributed by atoms with van der Waals surface area (Å²) in [6.07, 6.45) is 2.37. The van der Waals surface area contributed by atoms with E-state index in [1.54, 1.807) is 17.4 Å². The van der Waals surface area contributed by atoms with Crippen LogP contribution >= 0.6 is 11.3 Å². The summed E-state index contributed by atoms with van der Waals surface area (Å²) >= 11 is 1.70. The topological polar surface area (TPSA) is 84.7 Å². The van der Waals surface area contributed by atoms with E-state index in [0.29, 0.717) is 12.3 Å². The number of carbonyl (C=O) groups is 1. The number of rotatable bonds is 8. The number of ether oxygens (including phenoxy) is 1. The minimum Gasteiger partial charge on any atom is -0.484 e. The molecule has 1 amide bonds. The first kappa shape index (κ1) is 18.3. The van der Waals surface area contributed by atoms with E-state index in [0.717, 1.165) is 13.1 Å². The van der Waals surface area contributed by atoms with E-state index in [-0.39, 0.29) is 24.2 Å². The number of hydrogen-bond donors (Lipinski definition) is 1. The number of nitro benzene ring substituents is 1. The second-order valence-electron chi connectivity index (χ2n) is 6.12. The molecular weight excluding hydrogens is 354 g/mol. The number of non-ortho nitro benzene ring substituents is 1. The van der Waals surface area contributed by atoms with Gasteiger partial charge in [-0.2, -0.15) is 0 Å². The van der Waals surface area contributed by atoms with Crippen molar-refractivity contribution in [1.82, 2.24) is 10.2 Å². The van der Waals surface area contributed by atoms with Crippen molar-refractivity contribution < 1.29 is 14.5 Å². The number of nitrogens with one attached hydrogen (secondary N) is 1. The molecule has 0 aliphatic carbocycles. The fraction of sp³-hybridized carbons (Fsp3) is 0.389. The Hall–Kier alpha value is -2.45. The van der Waals surface area contributed by atoms with Crippen LogP contribution in [0.3, 0.4) is 0 Å². The standard InChI is InChI=1S/C18H21N3O4S/c22-18(13-25-15-6-3-5-14(11-15)21(23)24)19-12-16(17-7-4-10-26-17)20-8-1-2-9-20/h3-7,10-11,16H,1-2,8-9,12-13H2,(H,19,22). The van der Waals surface area contributed by atoms with Crippen LogP contribution in [0.15, 0.2) is 41.8 Å². The molecule has 1 aromatic carbocycles. The first-order valence-electron chi connectivity index (χ1n) is 8.55. The Balaban J connectivity index is 1.52. The predicted octanol–water partition coefficient (Wildman–Crippen LogP) is 2.99. The van der Waals surface area contributed by atoms with Gasteiger partial charge in [-0.1, -0.05) is 12.1 Å². The summed E-state index contributed by atoms with van der Waals surface area (Å²) in [5, 5.41) is 15.7. The van der Waals surface area contributed by atoms with Crippen molar-refractivity contribution in [2.45, 2.75) is 18.9 Å². The third-order valence-electron chi connectivity index (χ3n) is 4.34. The zero-order valence-electron chi connectivity index (χ0n) is 14.3. The molecule has 1 unspecified atom stereocenters. The molecule has 1 aromatic heterocycles. The second kappa shape index (κ2) is 8.77. The van der Waals surface area contributed by atoms with Crippen molar-refractivity contribution in [3.63, 3.8) is 0 Å². The molecule has 1 N–H and O–H groups in total. The van der Waals surface area contributed by atoms with Crippen molar-refractivity contribution in [3.05, 3.63) is 56.8 Å². The SMILES string of the molecule is O=C(COc1cccc([N+](=O)[O-])c1)NCC(c1cccs1)N1CCCC1. The molecule has 1 fully saturated rings. The van der Waals surface area contributed by atoms with Gasteiger partial charge in [-0.05, 0) is 43.4 Å². The Morgan fingerprint density at radius 2 is 2.12 bits per heavy atom. The second-order valence-corrected chi connectivity index (χ2v) is 7.10. The van der Waals surface area contributed by atoms with Gasteiger partial charge in [0.1, 0.15) is 5.75 Å². The molecule has 138 valence electrons. The predicted molar refractivity (Wildman–Crippen MR) is 99.5 cm³/mol. The lowest BCUT2D eigenvalue weighted by Gasteiger charge is -2.26. The van der Waals surface area contributed by atoms with Gasteiger partial charge in [0.25, 0.3) is 11.6 Å². The van der Waals surface area contributed by atoms with Crippen LogP contribution in [0, 0.1) is 10.1 Å². The lowest BCUT2D eigenvalue weighted by molar-refractivity contribution is -0.384.